The van der Waals surface area contributed by atoms with Crippen LogP contribution in [0.3, 0.4) is 0 Å². The van der Waals surface area contributed by atoms with Crippen LogP contribution in [0.15, 0.2) is 0 Å². The predicted molar refractivity (Wildman–Crippen MR) is 117 cm³/mol. The van der Waals surface area contributed by atoms with E-state index in [0.29, 0.717) is 31.1 Å². The summed E-state index contributed by atoms with van der Waals surface area (Å²) in [5.74, 6) is 0.640. The minimum absolute atomic E-state index is 0.0944. The van der Waals surface area contributed by atoms with Crippen molar-refractivity contribution in [2.75, 3.05) is 26.2 Å². The Morgan fingerprint density at radius 1 is 1.07 bits per heavy atom. The van der Waals surface area contributed by atoms with Crippen LogP contribution in [0.5, 0.6) is 0 Å². The maximum atomic E-state index is 13.0. The maximum absolute atomic E-state index is 13.0. The number of hydrogen-bond donors (Lipinski definition) is 0. The van der Waals surface area contributed by atoms with Gasteiger partial charge in [-0.1, -0.05) is 0 Å². The van der Waals surface area contributed by atoms with Crippen LogP contribution in [0.4, 0.5) is 4.79 Å². The van der Waals surface area contributed by atoms with Crippen LogP contribution in [0.2, 0.25) is 0 Å². The highest BCUT2D eigenvalue weighted by Gasteiger charge is 2.32. The lowest BCUT2D eigenvalue weighted by molar-refractivity contribution is -0.139. The lowest BCUT2D eigenvalue weighted by Gasteiger charge is -2.41. The molecule has 2 aliphatic rings. The second-order valence-corrected chi connectivity index (χ2v) is 10.4. The van der Waals surface area contributed by atoms with Crippen molar-refractivity contribution in [1.29, 1.82) is 0 Å². The number of amides is 2. The van der Waals surface area contributed by atoms with Gasteiger partial charge in [0.2, 0.25) is 5.91 Å². The monoisotopic (exact) mass is 409 g/mol. The lowest BCUT2D eigenvalue weighted by atomic mass is 9.96. The van der Waals surface area contributed by atoms with Gasteiger partial charge in [0, 0.05) is 31.2 Å². The van der Waals surface area contributed by atoms with Crippen molar-refractivity contribution in [3.05, 3.63) is 0 Å². The molecule has 3 atom stereocenters. The molecule has 0 aromatic carbocycles. The molecule has 2 saturated heterocycles. The highest BCUT2D eigenvalue weighted by molar-refractivity contribution is 5.79. The maximum Gasteiger partial charge on any atom is 0.410 e. The predicted octanol–water partition coefficient (Wildman–Crippen LogP) is 4.13. The fraction of sp³-hybridized carbons (Fsp3) is 0.913. The normalized spacial score (nSPS) is 26.5. The summed E-state index contributed by atoms with van der Waals surface area (Å²) in [6, 6.07) is 0.780. The summed E-state index contributed by atoms with van der Waals surface area (Å²) in [7, 11) is 0. The molecule has 3 unspecified atom stereocenters. The SMILES string of the molecule is CC(C)N(CC1CCCN(CC(=O)N2C(C)CCCC2C)C1)C(=O)OC(C)(C)C. The van der Waals surface area contributed by atoms with E-state index in [1.54, 1.807) is 0 Å². The van der Waals surface area contributed by atoms with Crippen LogP contribution in [-0.4, -0.2) is 76.6 Å². The van der Waals surface area contributed by atoms with Gasteiger partial charge in [-0.3, -0.25) is 9.69 Å². The summed E-state index contributed by atoms with van der Waals surface area (Å²) in [6.07, 6.45) is 5.36. The summed E-state index contributed by atoms with van der Waals surface area (Å²) in [5, 5.41) is 0. The van der Waals surface area contributed by atoms with Crippen molar-refractivity contribution in [2.45, 2.75) is 104 Å². The van der Waals surface area contributed by atoms with Gasteiger partial charge in [-0.15, -0.1) is 0 Å². The molecular weight excluding hydrogens is 366 g/mol. The van der Waals surface area contributed by atoms with E-state index in [4.69, 9.17) is 4.74 Å². The molecule has 0 radical (unpaired) electrons. The first-order chi connectivity index (χ1) is 13.5. The smallest absolute Gasteiger partial charge is 0.410 e. The summed E-state index contributed by atoms with van der Waals surface area (Å²) >= 11 is 0. The van der Waals surface area contributed by atoms with Crippen molar-refractivity contribution >= 4 is 12.0 Å². The van der Waals surface area contributed by atoms with E-state index in [-0.39, 0.29) is 18.0 Å². The molecule has 2 heterocycles. The van der Waals surface area contributed by atoms with Crippen LogP contribution in [0, 0.1) is 5.92 Å². The second kappa shape index (κ2) is 10.1. The Morgan fingerprint density at radius 2 is 1.69 bits per heavy atom. The van der Waals surface area contributed by atoms with Gasteiger partial charge in [-0.25, -0.2) is 4.79 Å². The van der Waals surface area contributed by atoms with Crippen LogP contribution in [0.25, 0.3) is 0 Å². The summed E-state index contributed by atoms with van der Waals surface area (Å²) < 4.78 is 5.61. The van der Waals surface area contributed by atoms with Gasteiger partial charge in [0.1, 0.15) is 5.60 Å². The molecule has 0 bridgehead atoms. The van der Waals surface area contributed by atoms with Crippen LogP contribution in [0.1, 0.15) is 80.6 Å². The van der Waals surface area contributed by atoms with Crippen LogP contribution < -0.4 is 0 Å². The van der Waals surface area contributed by atoms with Crippen molar-refractivity contribution in [3.8, 4) is 0 Å². The fourth-order valence-corrected chi connectivity index (χ4v) is 4.72. The zero-order chi connectivity index (χ0) is 21.8. The minimum Gasteiger partial charge on any atom is -0.444 e. The number of ether oxygens (including phenoxy) is 1. The molecular formula is C23H43N3O3. The number of carbonyl (C=O) groups is 2. The Hall–Kier alpha value is -1.30. The zero-order valence-electron chi connectivity index (χ0n) is 19.7. The van der Waals surface area contributed by atoms with Gasteiger partial charge in [0.15, 0.2) is 0 Å². The van der Waals surface area contributed by atoms with Gasteiger partial charge in [0.05, 0.1) is 6.54 Å². The molecule has 168 valence electrons. The minimum atomic E-state index is -0.489. The Balaban J connectivity index is 1.93. The van der Waals surface area contributed by atoms with Crippen molar-refractivity contribution in [2.24, 2.45) is 5.92 Å². The molecule has 0 spiro atoms. The van der Waals surface area contributed by atoms with Gasteiger partial charge in [-0.05, 0) is 93.0 Å². The molecule has 0 aliphatic carbocycles. The van der Waals surface area contributed by atoms with Gasteiger partial charge < -0.3 is 14.5 Å². The molecule has 6 heteroatoms. The van der Waals surface area contributed by atoms with E-state index in [1.165, 1.54) is 6.42 Å². The van der Waals surface area contributed by atoms with Gasteiger partial charge in [0.25, 0.3) is 0 Å². The Bertz CT molecular complexity index is 548. The average Bonchev–Trinajstić information content (AvgIpc) is 2.58. The number of carbonyl (C=O) groups excluding carboxylic acids is 2. The lowest BCUT2D eigenvalue weighted by Crippen LogP contribution is -2.53. The average molecular weight is 410 g/mol. The topological polar surface area (TPSA) is 53.1 Å². The Labute approximate surface area is 177 Å². The standard InChI is InChI=1S/C23H43N3O3/c1-17(2)25(22(28)29-23(5,6)7)15-20-12-9-13-24(14-20)16-21(27)26-18(3)10-8-11-19(26)4/h17-20H,8-16H2,1-7H3. The van der Waals surface area contributed by atoms with E-state index in [9.17, 15) is 9.59 Å². The van der Waals surface area contributed by atoms with Crippen molar-refractivity contribution in [3.63, 3.8) is 0 Å². The summed E-state index contributed by atoms with van der Waals surface area (Å²) in [6.45, 7) is 17.1. The molecule has 2 rings (SSSR count). The van der Waals surface area contributed by atoms with E-state index >= 15 is 0 Å². The molecule has 2 fully saturated rings. The summed E-state index contributed by atoms with van der Waals surface area (Å²) in [4.78, 5) is 31.9. The molecule has 0 N–H and O–H groups in total. The van der Waals surface area contributed by atoms with E-state index in [2.05, 4.69) is 23.6 Å². The van der Waals surface area contributed by atoms with E-state index in [1.807, 2.05) is 39.5 Å². The fourth-order valence-electron chi connectivity index (χ4n) is 4.72. The van der Waals surface area contributed by atoms with Crippen molar-refractivity contribution < 1.29 is 14.3 Å². The molecule has 2 amide bonds. The third-order valence-corrected chi connectivity index (χ3v) is 6.15. The number of nitrogens with zero attached hydrogens (tertiary/aromatic N) is 3. The van der Waals surface area contributed by atoms with Crippen LogP contribution >= 0.6 is 0 Å². The first kappa shape index (κ1) is 24.0. The first-order valence-corrected chi connectivity index (χ1v) is 11.5. The Morgan fingerprint density at radius 3 is 2.24 bits per heavy atom. The first-order valence-electron chi connectivity index (χ1n) is 11.5. The Kier molecular flexibility index (Phi) is 8.38. The molecule has 0 aromatic rings. The molecule has 0 aromatic heterocycles. The van der Waals surface area contributed by atoms with E-state index in [0.717, 1.165) is 38.8 Å². The zero-order valence-corrected chi connectivity index (χ0v) is 19.7. The molecule has 6 nitrogen and oxygen atoms in total. The quantitative estimate of drug-likeness (QED) is 0.685. The van der Waals surface area contributed by atoms with Gasteiger partial charge >= 0.3 is 6.09 Å². The number of piperidine rings is 2. The highest BCUT2D eigenvalue weighted by Crippen LogP contribution is 2.24. The highest BCUT2D eigenvalue weighted by atomic mass is 16.6. The number of hydrogen-bond acceptors (Lipinski definition) is 4. The number of rotatable bonds is 5. The second-order valence-electron chi connectivity index (χ2n) is 10.4. The van der Waals surface area contributed by atoms with Crippen LogP contribution in [-0.2, 0) is 9.53 Å². The third-order valence-electron chi connectivity index (χ3n) is 6.15. The molecule has 2 aliphatic heterocycles. The molecule has 29 heavy (non-hydrogen) atoms. The summed E-state index contributed by atoms with van der Waals surface area (Å²) in [5.41, 5.74) is -0.489. The molecule has 0 saturated carbocycles. The number of likely N-dealkylation sites (tertiary alicyclic amines) is 2. The van der Waals surface area contributed by atoms with Gasteiger partial charge in [-0.2, -0.15) is 0 Å². The third kappa shape index (κ3) is 7.16. The van der Waals surface area contributed by atoms with Crippen molar-refractivity contribution in [1.82, 2.24) is 14.7 Å². The largest absolute Gasteiger partial charge is 0.444 e. The van der Waals surface area contributed by atoms with E-state index < -0.39 is 5.60 Å².